The van der Waals surface area contributed by atoms with Crippen molar-refractivity contribution >= 4 is 17.6 Å². The number of ether oxygens (including phenoxy) is 1. The molecule has 7 heteroatoms. The molecular formula is C15H22N4O3. The highest BCUT2D eigenvalue weighted by Crippen LogP contribution is 2.18. The van der Waals surface area contributed by atoms with Crippen LogP contribution in [-0.2, 0) is 9.53 Å². The smallest absolute Gasteiger partial charge is 0.319 e. The van der Waals surface area contributed by atoms with Crippen LogP contribution in [0.15, 0.2) is 6.07 Å². The lowest BCUT2D eigenvalue weighted by Crippen LogP contribution is -2.46. The van der Waals surface area contributed by atoms with Crippen LogP contribution in [0, 0.1) is 20.8 Å². The van der Waals surface area contributed by atoms with E-state index in [2.05, 4.69) is 15.6 Å². The van der Waals surface area contributed by atoms with Gasteiger partial charge in [-0.15, -0.1) is 0 Å². The predicted octanol–water partition coefficient (Wildman–Crippen LogP) is 0.987. The number of pyridine rings is 1. The SMILES string of the molecule is Cc1cc(C)c(NC(=O)NCC(=O)N2CCOCC2)c(C)n1. The number of rotatable bonds is 3. The van der Waals surface area contributed by atoms with Crippen molar-refractivity contribution in [1.29, 1.82) is 0 Å². The highest BCUT2D eigenvalue weighted by atomic mass is 16.5. The molecule has 0 atom stereocenters. The van der Waals surface area contributed by atoms with Crippen LogP contribution in [0.5, 0.6) is 0 Å². The third-order valence-electron chi connectivity index (χ3n) is 3.53. The summed E-state index contributed by atoms with van der Waals surface area (Å²) in [5.74, 6) is -0.103. The van der Waals surface area contributed by atoms with Crippen molar-refractivity contribution in [2.45, 2.75) is 20.8 Å². The quantitative estimate of drug-likeness (QED) is 0.872. The number of urea groups is 1. The van der Waals surface area contributed by atoms with Crippen molar-refractivity contribution in [1.82, 2.24) is 15.2 Å². The largest absolute Gasteiger partial charge is 0.378 e. The Kier molecular flexibility index (Phi) is 5.32. The molecule has 0 spiro atoms. The Morgan fingerprint density at radius 3 is 2.59 bits per heavy atom. The molecule has 0 saturated carbocycles. The van der Waals surface area contributed by atoms with Crippen molar-refractivity contribution in [3.63, 3.8) is 0 Å². The fourth-order valence-electron chi connectivity index (χ4n) is 2.45. The Hall–Kier alpha value is -2.15. The average Bonchev–Trinajstić information content (AvgIpc) is 2.49. The van der Waals surface area contributed by atoms with E-state index in [1.807, 2.05) is 26.8 Å². The van der Waals surface area contributed by atoms with E-state index < -0.39 is 6.03 Å². The van der Waals surface area contributed by atoms with Gasteiger partial charge in [-0.25, -0.2) is 4.79 Å². The number of nitrogens with zero attached hydrogens (tertiary/aromatic N) is 2. The van der Waals surface area contributed by atoms with Gasteiger partial charge in [0.2, 0.25) is 5.91 Å². The third-order valence-corrected chi connectivity index (χ3v) is 3.53. The summed E-state index contributed by atoms with van der Waals surface area (Å²) in [5.41, 5.74) is 3.29. The summed E-state index contributed by atoms with van der Waals surface area (Å²) in [6.07, 6.45) is 0. The number of amides is 3. The van der Waals surface area contributed by atoms with E-state index >= 15 is 0 Å². The van der Waals surface area contributed by atoms with Gasteiger partial charge in [0.1, 0.15) is 0 Å². The van der Waals surface area contributed by atoms with E-state index in [1.165, 1.54) is 0 Å². The molecule has 0 radical (unpaired) electrons. The van der Waals surface area contributed by atoms with Crippen LogP contribution in [0.1, 0.15) is 17.0 Å². The second-order valence-electron chi connectivity index (χ2n) is 5.34. The molecule has 0 bridgehead atoms. The summed E-state index contributed by atoms with van der Waals surface area (Å²) in [6, 6.07) is 1.50. The number of aromatic nitrogens is 1. The van der Waals surface area contributed by atoms with Crippen molar-refractivity contribution in [3.05, 3.63) is 23.0 Å². The second-order valence-corrected chi connectivity index (χ2v) is 5.34. The van der Waals surface area contributed by atoms with E-state index in [1.54, 1.807) is 4.90 Å². The lowest BCUT2D eigenvalue weighted by atomic mass is 10.1. The molecule has 1 saturated heterocycles. The fraction of sp³-hybridized carbons (Fsp3) is 0.533. The van der Waals surface area contributed by atoms with Crippen LogP contribution in [0.4, 0.5) is 10.5 Å². The third kappa shape index (κ3) is 4.17. The van der Waals surface area contributed by atoms with Crippen molar-refractivity contribution in [2.24, 2.45) is 0 Å². The van der Waals surface area contributed by atoms with Gasteiger partial charge in [0, 0.05) is 18.8 Å². The summed E-state index contributed by atoms with van der Waals surface area (Å²) in [5, 5.41) is 5.34. The highest BCUT2D eigenvalue weighted by Gasteiger charge is 2.17. The van der Waals surface area contributed by atoms with Gasteiger partial charge in [0.15, 0.2) is 0 Å². The monoisotopic (exact) mass is 306 g/mol. The van der Waals surface area contributed by atoms with Crippen LogP contribution < -0.4 is 10.6 Å². The molecule has 1 aliphatic heterocycles. The Bertz CT molecular complexity index is 545. The van der Waals surface area contributed by atoms with Crippen molar-refractivity contribution in [2.75, 3.05) is 38.2 Å². The lowest BCUT2D eigenvalue weighted by Gasteiger charge is -2.26. The van der Waals surface area contributed by atoms with E-state index in [4.69, 9.17) is 4.74 Å². The number of carbonyl (C=O) groups excluding carboxylic acids is 2. The first-order chi connectivity index (χ1) is 10.5. The topological polar surface area (TPSA) is 83.6 Å². The second kappa shape index (κ2) is 7.22. The number of nitrogens with one attached hydrogen (secondary N) is 2. The van der Waals surface area contributed by atoms with Crippen LogP contribution in [0.3, 0.4) is 0 Å². The van der Waals surface area contributed by atoms with Crippen LogP contribution in [-0.4, -0.2) is 54.7 Å². The summed E-state index contributed by atoms with van der Waals surface area (Å²) in [6.45, 7) is 7.87. The van der Waals surface area contributed by atoms with E-state index in [0.717, 1.165) is 17.0 Å². The first-order valence-electron chi connectivity index (χ1n) is 7.32. The molecule has 3 amide bonds. The van der Waals surface area contributed by atoms with Crippen LogP contribution in [0.25, 0.3) is 0 Å². The minimum Gasteiger partial charge on any atom is -0.378 e. The Balaban J connectivity index is 1.87. The summed E-state index contributed by atoms with van der Waals surface area (Å²) >= 11 is 0. The van der Waals surface area contributed by atoms with Gasteiger partial charge < -0.3 is 20.3 Å². The molecule has 1 aromatic rings. The van der Waals surface area contributed by atoms with E-state index in [9.17, 15) is 9.59 Å². The zero-order valence-corrected chi connectivity index (χ0v) is 13.2. The minimum atomic E-state index is -0.404. The van der Waals surface area contributed by atoms with E-state index in [0.29, 0.717) is 32.0 Å². The number of aryl methyl sites for hydroxylation is 3. The zero-order valence-electron chi connectivity index (χ0n) is 13.2. The fourth-order valence-corrected chi connectivity index (χ4v) is 2.45. The predicted molar refractivity (Wildman–Crippen MR) is 82.9 cm³/mol. The zero-order chi connectivity index (χ0) is 16.1. The van der Waals surface area contributed by atoms with Gasteiger partial charge in [-0.2, -0.15) is 0 Å². The number of hydrogen-bond acceptors (Lipinski definition) is 4. The molecule has 1 fully saturated rings. The van der Waals surface area contributed by atoms with Crippen LogP contribution in [0.2, 0.25) is 0 Å². The summed E-state index contributed by atoms with van der Waals surface area (Å²) < 4.78 is 5.19. The Morgan fingerprint density at radius 2 is 1.95 bits per heavy atom. The molecule has 0 unspecified atom stereocenters. The lowest BCUT2D eigenvalue weighted by molar-refractivity contribution is -0.134. The molecule has 7 nitrogen and oxygen atoms in total. The van der Waals surface area contributed by atoms with Crippen molar-refractivity contribution < 1.29 is 14.3 Å². The maximum atomic E-state index is 11.9. The highest BCUT2D eigenvalue weighted by molar-refractivity contribution is 5.93. The van der Waals surface area contributed by atoms with Crippen LogP contribution >= 0.6 is 0 Å². The maximum absolute atomic E-state index is 11.9. The first-order valence-corrected chi connectivity index (χ1v) is 7.32. The van der Waals surface area contributed by atoms with Gasteiger partial charge in [-0.05, 0) is 32.4 Å². The first kappa shape index (κ1) is 16.2. The van der Waals surface area contributed by atoms with Gasteiger partial charge in [-0.3, -0.25) is 9.78 Å². The minimum absolute atomic E-state index is 0.0246. The number of morpholine rings is 1. The molecule has 1 aromatic heterocycles. The molecule has 2 N–H and O–H groups in total. The Morgan fingerprint density at radius 1 is 1.27 bits per heavy atom. The van der Waals surface area contributed by atoms with Gasteiger partial charge in [-0.1, -0.05) is 0 Å². The maximum Gasteiger partial charge on any atom is 0.319 e. The van der Waals surface area contributed by atoms with Gasteiger partial charge in [0.05, 0.1) is 31.1 Å². The Labute approximate surface area is 130 Å². The molecule has 0 aliphatic carbocycles. The molecule has 2 rings (SSSR count). The number of anilines is 1. The standard InChI is InChI=1S/C15H22N4O3/c1-10-8-11(2)17-12(3)14(10)18-15(21)16-9-13(20)19-4-6-22-7-5-19/h8H,4-7,9H2,1-3H3,(H2,16,18,21). The average molecular weight is 306 g/mol. The van der Waals surface area contributed by atoms with E-state index in [-0.39, 0.29) is 12.5 Å². The van der Waals surface area contributed by atoms with Gasteiger partial charge in [0.25, 0.3) is 0 Å². The molecule has 2 heterocycles. The summed E-state index contributed by atoms with van der Waals surface area (Å²) in [7, 11) is 0. The molecule has 22 heavy (non-hydrogen) atoms. The number of carbonyl (C=O) groups is 2. The molecular weight excluding hydrogens is 284 g/mol. The summed E-state index contributed by atoms with van der Waals surface area (Å²) in [4.78, 5) is 29.9. The van der Waals surface area contributed by atoms with Crippen molar-refractivity contribution in [3.8, 4) is 0 Å². The molecule has 1 aliphatic rings. The van der Waals surface area contributed by atoms with Gasteiger partial charge >= 0.3 is 6.03 Å². The molecule has 0 aromatic carbocycles. The molecule has 120 valence electrons. The number of hydrogen-bond donors (Lipinski definition) is 2. The normalized spacial score (nSPS) is 14.6.